The van der Waals surface area contributed by atoms with Crippen molar-refractivity contribution in [3.8, 4) is 0 Å². The van der Waals surface area contributed by atoms with Crippen LogP contribution in [0, 0.1) is 0 Å². The van der Waals surface area contributed by atoms with Crippen molar-refractivity contribution in [1.29, 1.82) is 0 Å². The van der Waals surface area contributed by atoms with Crippen LogP contribution in [0.15, 0.2) is 18.6 Å². The van der Waals surface area contributed by atoms with Crippen molar-refractivity contribution in [2.24, 2.45) is 0 Å². The average Bonchev–Trinajstić information content (AvgIpc) is 3.04. The molecule has 1 N–H and O–H groups in total. The molecule has 9 heteroatoms. The first-order valence-corrected chi connectivity index (χ1v) is 13.2. The third-order valence-corrected chi connectivity index (χ3v) is 10.9. The van der Waals surface area contributed by atoms with E-state index in [0.29, 0.717) is 6.61 Å². The molecule has 2 rings (SSSR count). The first-order chi connectivity index (χ1) is 10.5. The molecule has 0 saturated heterocycles. The summed E-state index contributed by atoms with van der Waals surface area (Å²) < 4.78 is 7.80. The van der Waals surface area contributed by atoms with E-state index in [1.165, 1.54) is 11.3 Å². The molecule has 2 aromatic heterocycles. The normalized spacial score (nSPS) is 12.0. The van der Waals surface area contributed by atoms with Crippen molar-refractivity contribution in [3.05, 3.63) is 30.0 Å². The van der Waals surface area contributed by atoms with Gasteiger partial charge in [0.05, 0.1) is 24.6 Å². The molecule has 0 amide bonds. The highest BCUT2D eigenvalue weighted by Gasteiger charge is 2.37. The largest absolute Gasteiger partial charge is 0.411 e. The van der Waals surface area contributed by atoms with Crippen LogP contribution in [0.4, 0.5) is 0 Å². The zero-order valence-electron chi connectivity index (χ0n) is 13.9. The SMILES string of the molecule is CC(C)(C)[Si](C)(C)OCc1csc(Br)n1.OCc1csc(Br)n1. The molecule has 0 aliphatic heterocycles. The van der Waals surface area contributed by atoms with Crippen LogP contribution in [-0.2, 0) is 17.6 Å². The van der Waals surface area contributed by atoms with E-state index in [1.807, 2.05) is 10.8 Å². The summed E-state index contributed by atoms with van der Waals surface area (Å²) in [6.07, 6.45) is 0. The Labute approximate surface area is 163 Å². The Balaban J connectivity index is 0.000000277. The monoisotopic (exact) mass is 500 g/mol. The molecule has 23 heavy (non-hydrogen) atoms. The molecule has 0 bridgehead atoms. The second kappa shape index (κ2) is 9.16. The number of halogens is 2. The lowest BCUT2D eigenvalue weighted by atomic mass is 10.2. The minimum absolute atomic E-state index is 0.0299. The van der Waals surface area contributed by atoms with Gasteiger partial charge in [-0.2, -0.15) is 0 Å². The van der Waals surface area contributed by atoms with Crippen LogP contribution < -0.4 is 0 Å². The van der Waals surface area contributed by atoms with Crippen LogP contribution in [0.3, 0.4) is 0 Å². The van der Waals surface area contributed by atoms with E-state index in [0.717, 1.165) is 19.2 Å². The summed E-state index contributed by atoms with van der Waals surface area (Å²) in [6, 6.07) is 0. The van der Waals surface area contributed by atoms with Gasteiger partial charge in [-0.05, 0) is 50.0 Å². The molecule has 0 spiro atoms. The van der Waals surface area contributed by atoms with Crippen LogP contribution in [0.5, 0.6) is 0 Å². The van der Waals surface area contributed by atoms with Crippen LogP contribution in [0.2, 0.25) is 18.1 Å². The van der Waals surface area contributed by atoms with Gasteiger partial charge in [-0.1, -0.05) is 20.8 Å². The topological polar surface area (TPSA) is 55.2 Å². The standard InChI is InChI=1S/C10H18BrNOSSi.C4H4BrNOS/c1-10(2,3)15(4,5)13-6-8-7-14-9(11)12-8;5-4-6-3(1-7)2-8-4/h7H,6H2,1-5H3;2,7H,1H2. The number of aliphatic hydroxyl groups excluding tert-OH is 1. The quantitative estimate of drug-likeness (QED) is 0.535. The highest BCUT2D eigenvalue weighted by molar-refractivity contribution is 9.11. The van der Waals surface area contributed by atoms with Crippen molar-refractivity contribution in [2.45, 2.75) is 52.1 Å². The highest BCUT2D eigenvalue weighted by atomic mass is 79.9. The third-order valence-electron chi connectivity index (χ3n) is 3.60. The third kappa shape index (κ3) is 7.41. The predicted molar refractivity (Wildman–Crippen MR) is 108 cm³/mol. The van der Waals surface area contributed by atoms with Crippen molar-refractivity contribution in [3.63, 3.8) is 0 Å². The minimum Gasteiger partial charge on any atom is -0.411 e. The smallest absolute Gasteiger partial charge is 0.192 e. The van der Waals surface area contributed by atoms with Gasteiger partial charge in [0.15, 0.2) is 16.2 Å². The first-order valence-electron chi connectivity index (χ1n) is 7.00. The van der Waals surface area contributed by atoms with Gasteiger partial charge >= 0.3 is 0 Å². The number of rotatable bonds is 4. The van der Waals surface area contributed by atoms with Gasteiger partial charge in [0.25, 0.3) is 0 Å². The van der Waals surface area contributed by atoms with Gasteiger partial charge in [0.2, 0.25) is 0 Å². The average molecular weight is 502 g/mol. The summed E-state index contributed by atoms with van der Waals surface area (Å²) in [6.45, 7) is 11.9. The van der Waals surface area contributed by atoms with Crippen LogP contribution in [-0.4, -0.2) is 23.4 Å². The minimum atomic E-state index is -1.63. The summed E-state index contributed by atoms with van der Waals surface area (Å²) in [5, 5.41) is 12.6. The Kier molecular flexibility index (Phi) is 8.53. The number of nitrogens with zero attached hydrogens (tertiary/aromatic N) is 2. The van der Waals surface area contributed by atoms with E-state index in [2.05, 4.69) is 75.7 Å². The lowest BCUT2D eigenvalue weighted by molar-refractivity contribution is 0.272. The molecular formula is C14H22Br2N2O2S2Si. The molecule has 2 aromatic rings. The van der Waals surface area contributed by atoms with E-state index in [1.54, 1.807) is 11.3 Å². The van der Waals surface area contributed by atoms with Gasteiger partial charge in [-0.25, -0.2) is 9.97 Å². The fraction of sp³-hybridized carbons (Fsp3) is 0.571. The van der Waals surface area contributed by atoms with Gasteiger partial charge in [0, 0.05) is 10.8 Å². The Hall–Kier alpha value is 0.357. The molecule has 2 heterocycles. The van der Waals surface area contributed by atoms with E-state index in [9.17, 15) is 0 Å². The van der Waals surface area contributed by atoms with E-state index in [-0.39, 0.29) is 11.6 Å². The fourth-order valence-corrected chi connectivity index (χ4v) is 4.19. The molecule has 0 aliphatic rings. The summed E-state index contributed by atoms with van der Waals surface area (Å²) in [7, 11) is -1.63. The Morgan fingerprint density at radius 2 is 1.57 bits per heavy atom. The van der Waals surface area contributed by atoms with Crippen molar-refractivity contribution < 1.29 is 9.53 Å². The second-order valence-corrected chi connectivity index (χ2v) is 15.5. The van der Waals surface area contributed by atoms with E-state index < -0.39 is 8.32 Å². The molecule has 0 radical (unpaired) electrons. The van der Waals surface area contributed by atoms with E-state index >= 15 is 0 Å². The van der Waals surface area contributed by atoms with Crippen LogP contribution >= 0.6 is 54.5 Å². The lowest BCUT2D eigenvalue weighted by Crippen LogP contribution is -2.40. The summed E-state index contributed by atoms with van der Waals surface area (Å²) in [4.78, 5) is 8.24. The van der Waals surface area contributed by atoms with Crippen molar-refractivity contribution in [2.75, 3.05) is 0 Å². The maximum absolute atomic E-state index is 8.47. The number of aliphatic hydroxyl groups is 1. The maximum Gasteiger partial charge on any atom is 0.192 e. The Morgan fingerprint density at radius 1 is 1.09 bits per heavy atom. The summed E-state index contributed by atoms with van der Waals surface area (Å²) in [5.74, 6) is 0. The fourth-order valence-electron chi connectivity index (χ4n) is 1.17. The van der Waals surface area contributed by atoms with Gasteiger partial charge in [-0.3, -0.25) is 0 Å². The molecule has 0 aliphatic carbocycles. The molecular weight excluding hydrogens is 480 g/mol. The zero-order valence-corrected chi connectivity index (χ0v) is 19.7. The Bertz CT molecular complexity index is 612. The van der Waals surface area contributed by atoms with Gasteiger partial charge in [0.1, 0.15) is 0 Å². The second-order valence-electron chi connectivity index (χ2n) is 6.39. The first kappa shape index (κ1) is 21.4. The lowest BCUT2D eigenvalue weighted by Gasteiger charge is -2.35. The molecule has 130 valence electrons. The molecule has 4 nitrogen and oxygen atoms in total. The van der Waals surface area contributed by atoms with Gasteiger partial charge < -0.3 is 9.53 Å². The predicted octanol–water partition coefficient (Wildman–Crippen LogP) is 5.83. The number of aromatic nitrogens is 2. The summed E-state index contributed by atoms with van der Waals surface area (Å²) in [5.41, 5.74) is 1.75. The number of hydrogen-bond donors (Lipinski definition) is 1. The zero-order chi connectivity index (χ0) is 17.7. The van der Waals surface area contributed by atoms with Crippen molar-refractivity contribution >= 4 is 62.9 Å². The van der Waals surface area contributed by atoms with Crippen LogP contribution in [0.1, 0.15) is 32.2 Å². The Morgan fingerprint density at radius 3 is 1.87 bits per heavy atom. The number of hydrogen-bond acceptors (Lipinski definition) is 6. The molecule has 0 atom stereocenters. The molecule has 0 aromatic carbocycles. The number of thiazole rings is 2. The van der Waals surface area contributed by atoms with Crippen LogP contribution in [0.25, 0.3) is 0 Å². The van der Waals surface area contributed by atoms with Gasteiger partial charge in [-0.15, -0.1) is 22.7 Å². The molecule has 0 saturated carbocycles. The molecule has 0 fully saturated rings. The molecule has 0 unspecified atom stereocenters. The van der Waals surface area contributed by atoms with Crippen molar-refractivity contribution in [1.82, 2.24) is 9.97 Å². The van der Waals surface area contributed by atoms with E-state index in [4.69, 9.17) is 9.53 Å². The summed E-state index contributed by atoms with van der Waals surface area (Å²) >= 11 is 9.60. The highest BCUT2D eigenvalue weighted by Crippen LogP contribution is 2.37. The maximum atomic E-state index is 8.47.